The molecule has 0 aromatic carbocycles. The Labute approximate surface area is 142 Å². The zero-order chi connectivity index (χ0) is 17.0. The molecule has 2 N–H and O–H groups in total. The summed E-state index contributed by atoms with van der Waals surface area (Å²) in [6.07, 6.45) is -0.650. The van der Waals surface area contributed by atoms with E-state index in [9.17, 15) is 9.18 Å². The molecule has 2 aromatic heterocycles. The molecule has 2 heterocycles. The Morgan fingerprint density at radius 1 is 1.43 bits per heavy atom. The monoisotopic (exact) mass is 356 g/mol. The second kappa shape index (κ2) is 7.14. The Hall–Kier alpha value is -1.87. The average molecular weight is 356 g/mol. The third-order valence-electron chi connectivity index (χ3n) is 2.45. The van der Waals surface area contributed by atoms with Crippen LogP contribution in [0.2, 0.25) is 0 Å². The van der Waals surface area contributed by atoms with E-state index in [0.717, 1.165) is 11.9 Å². The molecule has 0 radical (unpaired) electrons. The lowest BCUT2D eigenvalue weighted by atomic mass is 10.2. The molecule has 0 fully saturated rings. The minimum absolute atomic E-state index is 0.172. The van der Waals surface area contributed by atoms with Crippen molar-refractivity contribution in [3.63, 3.8) is 0 Å². The molecule has 124 valence electrons. The third kappa shape index (κ3) is 5.36. The zero-order valence-corrected chi connectivity index (χ0v) is 14.8. The number of pyridine rings is 1. The molecule has 0 saturated carbocycles. The fraction of sp³-hybridized carbons (Fsp3) is 0.357. The van der Waals surface area contributed by atoms with Crippen LogP contribution in [-0.2, 0) is 4.74 Å². The van der Waals surface area contributed by atoms with E-state index >= 15 is 0 Å². The van der Waals surface area contributed by atoms with E-state index in [1.54, 1.807) is 38.6 Å². The van der Waals surface area contributed by atoms with Crippen LogP contribution in [-0.4, -0.2) is 21.7 Å². The molecule has 2 rings (SSSR count). The predicted molar refractivity (Wildman–Crippen MR) is 90.4 cm³/mol. The molecule has 6 nitrogen and oxygen atoms in total. The number of carbonyl (C=O) groups is 1. The van der Waals surface area contributed by atoms with Gasteiger partial charge >= 0.3 is 6.09 Å². The molecule has 23 heavy (non-hydrogen) atoms. The van der Waals surface area contributed by atoms with Crippen LogP contribution in [0, 0.1) is 12.7 Å². The minimum Gasteiger partial charge on any atom is -0.444 e. The van der Waals surface area contributed by atoms with Gasteiger partial charge in [0.1, 0.15) is 11.4 Å². The van der Waals surface area contributed by atoms with E-state index in [1.165, 1.54) is 17.4 Å². The van der Waals surface area contributed by atoms with Crippen molar-refractivity contribution in [3.8, 4) is 0 Å². The number of aromatic nitrogens is 2. The van der Waals surface area contributed by atoms with E-state index in [0.29, 0.717) is 11.5 Å². The lowest BCUT2D eigenvalue weighted by Crippen LogP contribution is -2.27. The lowest BCUT2D eigenvalue weighted by molar-refractivity contribution is 0.0635. The van der Waals surface area contributed by atoms with Crippen LogP contribution in [0.4, 0.5) is 20.7 Å². The summed E-state index contributed by atoms with van der Waals surface area (Å²) in [7, 11) is 0. The van der Waals surface area contributed by atoms with Gasteiger partial charge in [-0.25, -0.2) is 19.2 Å². The molecular formula is C14H17FN4O2S2. The molecule has 0 aliphatic carbocycles. The summed E-state index contributed by atoms with van der Waals surface area (Å²) in [4.78, 5) is 19.9. The van der Waals surface area contributed by atoms with Gasteiger partial charge in [0, 0.05) is 23.4 Å². The first-order valence-electron chi connectivity index (χ1n) is 6.73. The highest BCUT2D eigenvalue weighted by atomic mass is 32.2. The Balaban J connectivity index is 2.06. The Kier molecular flexibility index (Phi) is 5.42. The van der Waals surface area contributed by atoms with Gasteiger partial charge in [-0.2, -0.15) is 0 Å². The van der Waals surface area contributed by atoms with Crippen molar-refractivity contribution in [2.75, 3.05) is 10.0 Å². The lowest BCUT2D eigenvalue weighted by Gasteiger charge is -2.20. The Morgan fingerprint density at radius 2 is 2.17 bits per heavy atom. The largest absolute Gasteiger partial charge is 0.444 e. The van der Waals surface area contributed by atoms with Crippen molar-refractivity contribution in [3.05, 3.63) is 28.5 Å². The van der Waals surface area contributed by atoms with Crippen LogP contribution in [0.25, 0.3) is 0 Å². The van der Waals surface area contributed by atoms with E-state index in [4.69, 9.17) is 4.74 Å². The van der Waals surface area contributed by atoms with E-state index in [2.05, 4.69) is 20.0 Å². The number of amides is 1. The van der Waals surface area contributed by atoms with Gasteiger partial charge in [-0.1, -0.05) is 0 Å². The molecule has 0 bridgehead atoms. The fourth-order valence-electron chi connectivity index (χ4n) is 1.53. The van der Waals surface area contributed by atoms with Crippen molar-refractivity contribution in [2.45, 2.75) is 38.3 Å². The number of anilines is 2. The number of nitrogens with one attached hydrogen (secondary N) is 2. The number of aryl methyl sites for hydroxylation is 1. The Bertz CT molecular complexity index is 687. The normalized spacial score (nSPS) is 11.2. The van der Waals surface area contributed by atoms with E-state index < -0.39 is 17.5 Å². The van der Waals surface area contributed by atoms with Gasteiger partial charge in [0.25, 0.3) is 0 Å². The number of ether oxygens (including phenoxy) is 1. The first kappa shape index (κ1) is 17.5. The zero-order valence-electron chi connectivity index (χ0n) is 13.1. The van der Waals surface area contributed by atoms with Crippen LogP contribution in [0.1, 0.15) is 26.5 Å². The van der Waals surface area contributed by atoms with Gasteiger partial charge in [0.2, 0.25) is 0 Å². The first-order chi connectivity index (χ1) is 10.7. The first-order valence-corrected chi connectivity index (χ1v) is 8.49. The summed E-state index contributed by atoms with van der Waals surface area (Å²) in [5.74, 6) is 0.0872. The highest BCUT2D eigenvalue weighted by Gasteiger charge is 2.18. The standard InChI is InChI=1S/C14H17FN4O2S2/c1-8-10(18-13(20)21-14(2,3)4)5-9(15)12(17-8)23-19-11-6-22-7-16-11/h5-7,19H,1-4H3,(H,18,20). The number of hydrogen-bond acceptors (Lipinski definition) is 7. The highest BCUT2D eigenvalue weighted by Crippen LogP contribution is 2.26. The molecule has 0 spiro atoms. The maximum absolute atomic E-state index is 14.1. The highest BCUT2D eigenvalue weighted by molar-refractivity contribution is 8.00. The van der Waals surface area contributed by atoms with Crippen LogP contribution >= 0.6 is 23.3 Å². The number of halogens is 1. The summed E-state index contributed by atoms with van der Waals surface area (Å²) < 4.78 is 22.2. The Morgan fingerprint density at radius 3 is 2.78 bits per heavy atom. The minimum atomic E-state index is -0.650. The van der Waals surface area contributed by atoms with Gasteiger partial charge in [0.05, 0.1) is 16.9 Å². The fourth-order valence-corrected chi connectivity index (χ4v) is 2.74. The van der Waals surface area contributed by atoms with Crippen molar-refractivity contribution >= 4 is 40.9 Å². The van der Waals surface area contributed by atoms with Gasteiger partial charge in [-0.3, -0.25) is 5.32 Å². The van der Waals surface area contributed by atoms with E-state index in [1.807, 2.05) is 0 Å². The van der Waals surface area contributed by atoms with Crippen LogP contribution in [0.5, 0.6) is 0 Å². The molecule has 0 aliphatic rings. The number of hydrogen-bond donors (Lipinski definition) is 2. The van der Waals surface area contributed by atoms with Crippen molar-refractivity contribution < 1.29 is 13.9 Å². The SMILES string of the molecule is Cc1nc(SNc2cscn2)c(F)cc1NC(=O)OC(C)(C)C. The topological polar surface area (TPSA) is 76.1 Å². The van der Waals surface area contributed by atoms with Crippen LogP contribution in [0.3, 0.4) is 0 Å². The van der Waals surface area contributed by atoms with Crippen molar-refractivity contribution in [1.29, 1.82) is 0 Å². The molecule has 0 unspecified atom stereocenters. The third-order valence-corrected chi connectivity index (χ3v) is 3.83. The molecule has 9 heteroatoms. The summed E-state index contributed by atoms with van der Waals surface area (Å²) in [5, 5.41) is 4.47. The van der Waals surface area contributed by atoms with Gasteiger partial charge < -0.3 is 9.46 Å². The number of carbonyl (C=O) groups excluding carboxylic acids is 1. The number of rotatable bonds is 4. The second-order valence-electron chi connectivity index (χ2n) is 5.61. The summed E-state index contributed by atoms with van der Waals surface area (Å²) in [5.41, 5.74) is 1.80. The van der Waals surface area contributed by atoms with Crippen LogP contribution < -0.4 is 10.0 Å². The van der Waals surface area contributed by atoms with Gasteiger partial charge in [-0.15, -0.1) is 11.3 Å². The number of thiazole rings is 1. The van der Waals surface area contributed by atoms with Gasteiger partial charge in [0.15, 0.2) is 10.8 Å². The molecule has 0 atom stereocenters. The second-order valence-corrected chi connectivity index (χ2v) is 7.13. The quantitative estimate of drug-likeness (QED) is 0.788. The molecular weight excluding hydrogens is 339 g/mol. The summed E-state index contributed by atoms with van der Waals surface area (Å²) >= 11 is 2.45. The smallest absolute Gasteiger partial charge is 0.412 e. The molecule has 0 saturated heterocycles. The molecule has 0 aliphatic heterocycles. The summed E-state index contributed by atoms with van der Waals surface area (Å²) in [6, 6.07) is 1.22. The van der Waals surface area contributed by atoms with Gasteiger partial charge in [-0.05, 0) is 27.7 Å². The average Bonchev–Trinajstić information content (AvgIpc) is 2.92. The molecule has 2 aromatic rings. The maximum Gasteiger partial charge on any atom is 0.412 e. The number of nitrogens with zero attached hydrogens (tertiary/aromatic N) is 2. The molecule has 1 amide bonds. The van der Waals surface area contributed by atoms with E-state index in [-0.39, 0.29) is 10.7 Å². The predicted octanol–water partition coefficient (Wildman–Crippen LogP) is 4.45. The van der Waals surface area contributed by atoms with Crippen molar-refractivity contribution in [1.82, 2.24) is 9.97 Å². The van der Waals surface area contributed by atoms with Crippen LogP contribution in [0.15, 0.2) is 22.0 Å². The summed E-state index contributed by atoms with van der Waals surface area (Å²) in [6.45, 7) is 6.94. The van der Waals surface area contributed by atoms with Crippen molar-refractivity contribution in [2.24, 2.45) is 0 Å². The maximum atomic E-state index is 14.1.